The summed E-state index contributed by atoms with van der Waals surface area (Å²) in [6.45, 7) is 0. The van der Waals surface area contributed by atoms with Crippen LogP contribution in [-0.4, -0.2) is 19.9 Å². The van der Waals surface area contributed by atoms with Crippen molar-refractivity contribution in [2.75, 3.05) is 11.5 Å². The summed E-state index contributed by atoms with van der Waals surface area (Å²) in [5.74, 6) is 0.0324. The van der Waals surface area contributed by atoms with Crippen molar-refractivity contribution in [3.8, 4) is 11.4 Å². The molecule has 1 aromatic carbocycles. The van der Waals surface area contributed by atoms with Crippen molar-refractivity contribution in [2.24, 2.45) is 0 Å². The van der Waals surface area contributed by atoms with Gasteiger partial charge >= 0.3 is 0 Å². The first-order valence-corrected chi connectivity index (χ1v) is 5.06. The normalized spacial score (nSPS) is 10.3. The maximum absolute atomic E-state index is 10.8. The highest BCUT2D eigenvalue weighted by Gasteiger charge is 2.15. The number of nitro groups is 1. The van der Waals surface area contributed by atoms with E-state index >= 15 is 0 Å². The smallest absolute Gasteiger partial charge is 0.288 e. The molecule has 18 heavy (non-hydrogen) atoms. The van der Waals surface area contributed by atoms with Gasteiger partial charge in [0.2, 0.25) is 11.9 Å². The molecule has 9 heteroatoms. The third-order valence-corrected chi connectivity index (χ3v) is 2.39. The van der Waals surface area contributed by atoms with Crippen LogP contribution in [0.5, 0.6) is 0 Å². The topological polar surface area (TPSA) is 134 Å². The number of aromatic nitrogens is 3. The van der Waals surface area contributed by atoms with Crippen LogP contribution in [0, 0.1) is 10.1 Å². The Kier molecular flexibility index (Phi) is 2.94. The number of hydrogen-bond donors (Lipinski definition) is 2. The van der Waals surface area contributed by atoms with Gasteiger partial charge in [0.25, 0.3) is 5.69 Å². The number of nitrogens with two attached hydrogens (primary N) is 2. The van der Waals surface area contributed by atoms with Crippen LogP contribution in [-0.2, 0) is 0 Å². The molecule has 2 aromatic rings. The average Bonchev–Trinajstić information content (AvgIpc) is 2.27. The van der Waals surface area contributed by atoms with Crippen LogP contribution < -0.4 is 11.5 Å². The number of rotatable bonds is 2. The highest BCUT2D eigenvalue weighted by Crippen LogP contribution is 2.29. The van der Waals surface area contributed by atoms with Gasteiger partial charge in [-0.1, -0.05) is 11.6 Å². The lowest BCUT2D eigenvalue weighted by Gasteiger charge is -2.02. The molecular weight excluding hydrogens is 260 g/mol. The summed E-state index contributed by atoms with van der Waals surface area (Å²) >= 11 is 5.70. The summed E-state index contributed by atoms with van der Waals surface area (Å²) < 4.78 is 0. The first-order chi connectivity index (χ1) is 8.47. The second kappa shape index (κ2) is 4.41. The van der Waals surface area contributed by atoms with Gasteiger partial charge in [-0.2, -0.15) is 15.0 Å². The van der Waals surface area contributed by atoms with Crippen LogP contribution in [0.4, 0.5) is 17.6 Å². The quantitative estimate of drug-likeness (QED) is 0.617. The molecule has 1 aromatic heterocycles. The van der Waals surface area contributed by atoms with Crippen molar-refractivity contribution in [1.82, 2.24) is 15.0 Å². The molecule has 92 valence electrons. The van der Waals surface area contributed by atoms with Gasteiger partial charge in [0.15, 0.2) is 5.82 Å². The summed E-state index contributed by atoms with van der Waals surface area (Å²) in [4.78, 5) is 21.5. The standard InChI is InChI=1S/C9H7ClN6O2/c10-5-2-1-4(3-6(5)16(17)18)7-13-8(11)15-9(12)14-7/h1-3H,(H4,11,12,13,14,15). The van der Waals surface area contributed by atoms with Crippen molar-refractivity contribution < 1.29 is 4.92 Å². The Morgan fingerprint density at radius 2 is 1.78 bits per heavy atom. The molecule has 0 saturated carbocycles. The summed E-state index contributed by atoms with van der Waals surface area (Å²) in [6, 6.07) is 4.16. The molecule has 0 bridgehead atoms. The van der Waals surface area contributed by atoms with Crippen molar-refractivity contribution in [3.63, 3.8) is 0 Å². The van der Waals surface area contributed by atoms with Crippen molar-refractivity contribution >= 4 is 29.2 Å². The number of anilines is 2. The van der Waals surface area contributed by atoms with Crippen LogP contribution >= 0.6 is 11.6 Å². The Hall–Kier alpha value is -2.48. The van der Waals surface area contributed by atoms with Crippen LogP contribution in [0.2, 0.25) is 5.02 Å². The highest BCUT2D eigenvalue weighted by molar-refractivity contribution is 6.32. The van der Waals surface area contributed by atoms with Crippen LogP contribution in [0.25, 0.3) is 11.4 Å². The minimum Gasteiger partial charge on any atom is -0.368 e. The Balaban J connectivity index is 2.57. The second-order valence-corrected chi connectivity index (χ2v) is 3.71. The zero-order valence-electron chi connectivity index (χ0n) is 8.87. The van der Waals surface area contributed by atoms with Gasteiger partial charge in [-0.05, 0) is 12.1 Å². The fourth-order valence-electron chi connectivity index (χ4n) is 1.33. The molecule has 0 fully saturated rings. The van der Waals surface area contributed by atoms with Crippen molar-refractivity contribution in [2.45, 2.75) is 0 Å². The first-order valence-electron chi connectivity index (χ1n) is 4.68. The molecule has 2 rings (SSSR count). The van der Waals surface area contributed by atoms with Gasteiger partial charge in [-0.3, -0.25) is 10.1 Å². The minimum absolute atomic E-state index is 0.0266. The molecule has 4 N–H and O–H groups in total. The zero-order chi connectivity index (χ0) is 13.3. The molecule has 0 saturated heterocycles. The zero-order valence-corrected chi connectivity index (χ0v) is 9.63. The number of benzene rings is 1. The van der Waals surface area contributed by atoms with E-state index in [1.807, 2.05) is 0 Å². The fraction of sp³-hybridized carbons (Fsp3) is 0. The molecular formula is C9H7ClN6O2. The van der Waals surface area contributed by atoms with Crippen LogP contribution in [0.1, 0.15) is 0 Å². The number of nitrogens with zero attached hydrogens (tertiary/aromatic N) is 4. The largest absolute Gasteiger partial charge is 0.368 e. The van der Waals surface area contributed by atoms with Gasteiger partial charge in [0.05, 0.1) is 4.92 Å². The number of hydrogen-bond acceptors (Lipinski definition) is 7. The Bertz CT molecular complexity index is 612. The molecule has 1 heterocycles. The summed E-state index contributed by atoms with van der Waals surface area (Å²) in [5.41, 5.74) is 11.0. The predicted molar refractivity (Wildman–Crippen MR) is 65.8 cm³/mol. The van der Waals surface area contributed by atoms with Crippen LogP contribution in [0.3, 0.4) is 0 Å². The SMILES string of the molecule is Nc1nc(N)nc(-c2ccc(Cl)c([N+](=O)[O-])c2)n1. The van der Waals surface area contributed by atoms with Gasteiger partial charge in [0.1, 0.15) is 5.02 Å². The third kappa shape index (κ3) is 2.28. The minimum atomic E-state index is -0.597. The average molecular weight is 267 g/mol. The summed E-state index contributed by atoms with van der Waals surface area (Å²) in [7, 11) is 0. The van der Waals surface area contributed by atoms with Crippen molar-refractivity contribution in [1.29, 1.82) is 0 Å². The maximum atomic E-state index is 10.8. The van der Waals surface area contributed by atoms with Crippen LogP contribution in [0.15, 0.2) is 18.2 Å². The van der Waals surface area contributed by atoms with Crippen molar-refractivity contribution in [3.05, 3.63) is 33.3 Å². The van der Waals surface area contributed by atoms with E-state index in [2.05, 4.69) is 15.0 Å². The van der Waals surface area contributed by atoms with E-state index in [4.69, 9.17) is 23.1 Å². The molecule has 0 spiro atoms. The van der Waals surface area contributed by atoms with Gasteiger partial charge in [0, 0.05) is 11.6 Å². The number of nitrogen functional groups attached to an aromatic ring is 2. The van der Waals surface area contributed by atoms with Gasteiger partial charge in [-0.15, -0.1) is 0 Å². The lowest BCUT2D eigenvalue weighted by molar-refractivity contribution is -0.384. The highest BCUT2D eigenvalue weighted by atomic mass is 35.5. The molecule has 0 unspecified atom stereocenters. The van der Waals surface area contributed by atoms with E-state index in [-0.39, 0.29) is 28.4 Å². The van der Waals surface area contributed by atoms with Gasteiger partial charge < -0.3 is 11.5 Å². The molecule has 0 aliphatic heterocycles. The first kappa shape index (κ1) is 12.0. The second-order valence-electron chi connectivity index (χ2n) is 3.30. The van der Waals surface area contributed by atoms with E-state index < -0.39 is 4.92 Å². The Morgan fingerprint density at radius 1 is 1.17 bits per heavy atom. The fourth-order valence-corrected chi connectivity index (χ4v) is 1.52. The van der Waals surface area contributed by atoms with Gasteiger partial charge in [-0.25, -0.2) is 0 Å². The number of halogens is 1. The summed E-state index contributed by atoms with van der Waals surface area (Å²) in [6.07, 6.45) is 0. The van der Waals surface area contributed by atoms with E-state index in [1.54, 1.807) is 0 Å². The van der Waals surface area contributed by atoms with E-state index in [9.17, 15) is 10.1 Å². The monoisotopic (exact) mass is 266 g/mol. The summed E-state index contributed by atoms with van der Waals surface area (Å²) in [5, 5.41) is 10.8. The van der Waals surface area contributed by atoms with E-state index in [0.717, 1.165) is 0 Å². The lowest BCUT2D eigenvalue weighted by atomic mass is 10.2. The Morgan fingerprint density at radius 3 is 2.33 bits per heavy atom. The molecule has 0 atom stereocenters. The maximum Gasteiger partial charge on any atom is 0.288 e. The van der Waals surface area contributed by atoms with E-state index in [1.165, 1.54) is 18.2 Å². The molecule has 0 aliphatic carbocycles. The molecule has 0 aliphatic rings. The molecule has 0 amide bonds. The Labute approximate surface area is 106 Å². The lowest BCUT2D eigenvalue weighted by Crippen LogP contribution is -2.04. The molecule has 0 radical (unpaired) electrons. The predicted octanol–water partition coefficient (Wildman–Crippen LogP) is 1.26. The third-order valence-electron chi connectivity index (χ3n) is 2.07. The van der Waals surface area contributed by atoms with E-state index in [0.29, 0.717) is 5.56 Å². The number of nitro benzene ring substituents is 1. The molecule has 8 nitrogen and oxygen atoms in total.